The predicted molar refractivity (Wildman–Crippen MR) is 78.8 cm³/mol. The first-order valence-electron chi connectivity index (χ1n) is 7.90. The number of halogens is 3. The fourth-order valence-corrected chi connectivity index (χ4v) is 3.21. The van der Waals surface area contributed by atoms with Crippen molar-refractivity contribution in [2.75, 3.05) is 26.2 Å². The molecular formula is C15H22F3N3O3. The molecule has 3 amide bonds. The van der Waals surface area contributed by atoms with Crippen molar-refractivity contribution in [2.24, 2.45) is 0 Å². The van der Waals surface area contributed by atoms with E-state index in [-0.39, 0.29) is 37.5 Å². The van der Waals surface area contributed by atoms with Gasteiger partial charge in [-0.1, -0.05) is 0 Å². The smallest absolute Gasteiger partial charge is 0.335 e. The number of nitrogens with zero attached hydrogens (tertiary/aromatic N) is 3. The zero-order valence-corrected chi connectivity index (χ0v) is 14.0. The lowest BCUT2D eigenvalue weighted by Gasteiger charge is -2.43. The molecule has 9 heteroatoms. The van der Waals surface area contributed by atoms with Crippen molar-refractivity contribution in [1.29, 1.82) is 0 Å². The predicted octanol–water partition coefficient (Wildman–Crippen LogP) is 1.01. The van der Waals surface area contributed by atoms with Crippen molar-refractivity contribution in [1.82, 2.24) is 14.7 Å². The minimum atomic E-state index is -5.00. The van der Waals surface area contributed by atoms with E-state index >= 15 is 0 Å². The maximum absolute atomic E-state index is 12.6. The summed E-state index contributed by atoms with van der Waals surface area (Å²) in [5.74, 6) is -2.81. The molecule has 2 heterocycles. The molecule has 136 valence electrons. The Bertz CT molecular complexity index is 542. The van der Waals surface area contributed by atoms with E-state index in [1.165, 1.54) is 4.90 Å². The lowest BCUT2D eigenvalue weighted by molar-refractivity contribution is -0.187. The van der Waals surface area contributed by atoms with Gasteiger partial charge in [0.2, 0.25) is 11.8 Å². The molecular weight excluding hydrogens is 327 g/mol. The molecule has 0 saturated carbocycles. The Morgan fingerprint density at radius 3 is 2.21 bits per heavy atom. The van der Waals surface area contributed by atoms with E-state index in [2.05, 4.69) is 0 Å². The summed E-state index contributed by atoms with van der Waals surface area (Å²) in [5.41, 5.74) is -0.377. The molecule has 0 bridgehead atoms. The van der Waals surface area contributed by atoms with Gasteiger partial charge in [-0.15, -0.1) is 0 Å². The molecule has 0 aromatic rings. The summed E-state index contributed by atoms with van der Waals surface area (Å²) in [6, 6.07) is -1.13. The van der Waals surface area contributed by atoms with Crippen LogP contribution in [0.5, 0.6) is 0 Å². The van der Waals surface area contributed by atoms with Crippen LogP contribution in [-0.4, -0.2) is 76.4 Å². The van der Waals surface area contributed by atoms with E-state index in [0.29, 0.717) is 17.9 Å². The van der Waals surface area contributed by atoms with Gasteiger partial charge in [-0.25, -0.2) is 0 Å². The topological polar surface area (TPSA) is 60.9 Å². The minimum absolute atomic E-state index is 0.0926. The Morgan fingerprint density at radius 1 is 1.08 bits per heavy atom. The Hall–Kier alpha value is -1.80. The second kappa shape index (κ2) is 6.25. The molecule has 6 nitrogen and oxygen atoms in total. The van der Waals surface area contributed by atoms with E-state index in [4.69, 9.17) is 0 Å². The number of piperazine rings is 1. The van der Waals surface area contributed by atoms with E-state index in [1.54, 1.807) is 4.90 Å². The van der Waals surface area contributed by atoms with Crippen molar-refractivity contribution in [3.05, 3.63) is 0 Å². The first-order chi connectivity index (χ1) is 10.9. The van der Waals surface area contributed by atoms with Crippen LogP contribution in [0.3, 0.4) is 0 Å². The van der Waals surface area contributed by atoms with Crippen molar-refractivity contribution in [3.63, 3.8) is 0 Å². The first-order valence-corrected chi connectivity index (χ1v) is 7.90. The van der Waals surface area contributed by atoms with Gasteiger partial charge in [0.15, 0.2) is 0 Å². The van der Waals surface area contributed by atoms with Crippen molar-refractivity contribution < 1.29 is 27.6 Å². The van der Waals surface area contributed by atoms with Gasteiger partial charge in [-0.05, 0) is 33.6 Å². The maximum atomic E-state index is 12.6. The Balaban J connectivity index is 2.07. The highest BCUT2D eigenvalue weighted by Crippen LogP contribution is 2.27. The van der Waals surface area contributed by atoms with Crippen molar-refractivity contribution >= 4 is 17.7 Å². The number of carbonyl (C=O) groups excluding carboxylic acids is 3. The molecule has 2 aliphatic rings. The highest BCUT2D eigenvalue weighted by atomic mass is 19.4. The third-order valence-corrected chi connectivity index (χ3v) is 4.38. The highest BCUT2D eigenvalue weighted by molar-refractivity contribution is 5.93. The van der Waals surface area contributed by atoms with E-state index in [1.807, 2.05) is 20.8 Å². The minimum Gasteiger partial charge on any atom is -0.335 e. The molecule has 24 heavy (non-hydrogen) atoms. The molecule has 0 spiro atoms. The summed E-state index contributed by atoms with van der Waals surface area (Å²) in [5, 5.41) is 0. The second-order valence-electron chi connectivity index (χ2n) is 7.13. The molecule has 2 rings (SSSR count). The van der Waals surface area contributed by atoms with Gasteiger partial charge >= 0.3 is 12.1 Å². The second-order valence-corrected chi connectivity index (χ2v) is 7.13. The highest BCUT2D eigenvalue weighted by Gasteiger charge is 2.48. The van der Waals surface area contributed by atoms with E-state index in [0.717, 1.165) is 0 Å². The number of hydrogen-bond acceptors (Lipinski definition) is 3. The molecule has 0 aliphatic carbocycles. The number of rotatable bonds is 1. The van der Waals surface area contributed by atoms with Gasteiger partial charge in [-0.2, -0.15) is 13.2 Å². The summed E-state index contributed by atoms with van der Waals surface area (Å²) < 4.78 is 37.9. The summed E-state index contributed by atoms with van der Waals surface area (Å²) in [6.45, 7) is 5.96. The summed E-state index contributed by atoms with van der Waals surface area (Å²) in [6.07, 6.45) is -4.47. The average molecular weight is 349 g/mol. The van der Waals surface area contributed by atoms with Crippen LogP contribution >= 0.6 is 0 Å². The van der Waals surface area contributed by atoms with Crippen molar-refractivity contribution in [3.8, 4) is 0 Å². The first kappa shape index (κ1) is 18.5. The molecule has 0 aromatic heterocycles. The SMILES string of the molecule is CC(C)(C)N1CCN(C(=O)C2CCCN2C(=O)C(F)(F)F)CC1=O. The quantitative estimate of drug-likeness (QED) is 0.710. The van der Waals surface area contributed by atoms with Crippen LogP contribution in [0.15, 0.2) is 0 Å². The van der Waals surface area contributed by atoms with Gasteiger partial charge < -0.3 is 14.7 Å². The summed E-state index contributed by atoms with van der Waals surface area (Å²) in [4.78, 5) is 39.7. The number of likely N-dealkylation sites (tertiary alicyclic amines) is 1. The lowest BCUT2D eigenvalue weighted by Crippen LogP contribution is -2.60. The van der Waals surface area contributed by atoms with E-state index < -0.39 is 24.0 Å². The lowest BCUT2D eigenvalue weighted by atomic mass is 10.0. The molecule has 0 N–H and O–H groups in total. The molecule has 0 radical (unpaired) electrons. The number of carbonyl (C=O) groups is 3. The van der Waals surface area contributed by atoms with Crippen molar-refractivity contribution in [2.45, 2.75) is 51.4 Å². The fourth-order valence-electron chi connectivity index (χ4n) is 3.21. The van der Waals surface area contributed by atoms with Gasteiger partial charge in [-0.3, -0.25) is 14.4 Å². The molecule has 1 atom stereocenters. The zero-order valence-electron chi connectivity index (χ0n) is 14.0. The van der Waals surface area contributed by atoms with Gasteiger partial charge in [0, 0.05) is 25.2 Å². The van der Waals surface area contributed by atoms with Crippen LogP contribution in [0.1, 0.15) is 33.6 Å². The molecule has 1 unspecified atom stereocenters. The fraction of sp³-hybridized carbons (Fsp3) is 0.800. The Morgan fingerprint density at radius 2 is 1.71 bits per heavy atom. The Kier molecular flexibility index (Phi) is 4.83. The third-order valence-electron chi connectivity index (χ3n) is 4.38. The average Bonchev–Trinajstić information content (AvgIpc) is 2.92. The monoisotopic (exact) mass is 349 g/mol. The third kappa shape index (κ3) is 3.64. The number of hydrogen-bond donors (Lipinski definition) is 0. The van der Waals surface area contributed by atoms with E-state index in [9.17, 15) is 27.6 Å². The molecule has 2 fully saturated rings. The number of alkyl halides is 3. The van der Waals surface area contributed by atoms with Gasteiger partial charge in [0.1, 0.15) is 6.04 Å². The molecule has 2 saturated heterocycles. The van der Waals surface area contributed by atoms with Gasteiger partial charge in [0.25, 0.3) is 0 Å². The van der Waals surface area contributed by atoms with Crippen LogP contribution in [0, 0.1) is 0 Å². The zero-order chi connectivity index (χ0) is 18.3. The van der Waals surface area contributed by atoms with Crippen LogP contribution in [-0.2, 0) is 14.4 Å². The molecule has 2 aliphatic heterocycles. The summed E-state index contributed by atoms with van der Waals surface area (Å²) >= 11 is 0. The Labute approximate surface area is 138 Å². The van der Waals surface area contributed by atoms with Crippen LogP contribution in [0.2, 0.25) is 0 Å². The van der Waals surface area contributed by atoms with Gasteiger partial charge in [0.05, 0.1) is 6.54 Å². The molecule has 0 aromatic carbocycles. The standard InChI is InChI=1S/C15H22F3N3O3/c1-14(2,3)21-8-7-19(9-11(21)22)12(23)10-5-4-6-20(10)13(24)15(16,17)18/h10H,4-9H2,1-3H3. The van der Waals surface area contributed by atoms with Crippen LogP contribution < -0.4 is 0 Å². The van der Waals surface area contributed by atoms with Crippen LogP contribution in [0.25, 0.3) is 0 Å². The van der Waals surface area contributed by atoms with Crippen LogP contribution in [0.4, 0.5) is 13.2 Å². The largest absolute Gasteiger partial charge is 0.471 e. The number of amides is 3. The maximum Gasteiger partial charge on any atom is 0.471 e. The normalized spacial score (nSPS) is 23.0. The summed E-state index contributed by atoms with van der Waals surface area (Å²) in [7, 11) is 0.